The molecule has 1 saturated carbocycles. The molecule has 0 saturated heterocycles. The lowest BCUT2D eigenvalue weighted by Gasteiger charge is -2.26. The first kappa shape index (κ1) is 15.0. The van der Waals surface area contributed by atoms with Crippen LogP contribution < -0.4 is 5.32 Å². The molecular weight excluding hydrogens is 224 g/mol. The molecule has 0 radical (unpaired) electrons. The van der Waals surface area contributed by atoms with Crippen molar-refractivity contribution in [3.8, 4) is 6.07 Å². The van der Waals surface area contributed by atoms with Gasteiger partial charge in [0.2, 0.25) is 5.91 Å². The molecule has 1 amide bonds. The van der Waals surface area contributed by atoms with Gasteiger partial charge in [0.1, 0.15) is 5.92 Å². The highest BCUT2D eigenvalue weighted by molar-refractivity contribution is 5.81. The van der Waals surface area contributed by atoms with Gasteiger partial charge < -0.3 is 5.32 Å². The van der Waals surface area contributed by atoms with Crippen molar-refractivity contribution in [1.82, 2.24) is 5.32 Å². The first-order valence-corrected chi connectivity index (χ1v) is 7.22. The van der Waals surface area contributed by atoms with E-state index in [2.05, 4.69) is 18.3 Å². The standard InChI is InChI=1S/C15H26N2O/c1-11(2)14(10-16)15(18)17-9-8-13-6-4-12(3)5-7-13/h11-14H,4-9H2,1-3H3,(H,17,18). The van der Waals surface area contributed by atoms with E-state index in [4.69, 9.17) is 5.26 Å². The second-order valence-corrected chi connectivity index (χ2v) is 6.06. The van der Waals surface area contributed by atoms with Gasteiger partial charge in [0.25, 0.3) is 0 Å². The summed E-state index contributed by atoms with van der Waals surface area (Å²) in [4.78, 5) is 11.8. The van der Waals surface area contributed by atoms with E-state index in [9.17, 15) is 4.79 Å². The van der Waals surface area contributed by atoms with Gasteiger partial charge in [0, 0.05) is 6.54 Å². The maximum Gasteiger partial charge on any atom is 0.237 e. The fourth-order valence-electron chi connectivity index (χ4n) is 2.64. The lowest BCUT2D eigenvalue weighted by molar-refractivity contribution is -0.124. The van der Waals surface area contributed by atoms with E-state index in [0.717, 1.165) is 24.8 Å². The maximum absolute atomic E-state index is 11.8. The average molecular weight is 250 g/mol. The number of rotatable bonds is 5. The van der Waals surface area contributed by atoms with Crippen molar-refractivity contribution in [2.75, 3.05) is 6.54 Å². The Balaban J connectivity index is 2.21. The second kappa shape index (κ2) is 7.41. The molecule has 1 unspecified atom stereocenters. The molecule has 3 nitrogen and oxygen atoms in total. The van der Waals surface area contributed by atoms with E-state index >= 15 is 0 Å². The zero-order valence-electron chi connectivity index (χ0n) is 11.9. The molecule has 0 spiro atoms. The van der Waals surface area contributed by atoms with Crippen molar-refractivity contribution in [3.63, 3.8) is 0 Å². The Bertz CT molecular complexity index is 298. The topological polar surface area (TPSA) is 52.9 Å². The monoisotopic (exact) mass is 250 g/mol. The number of carbonyl (C=O) groups is 1. The highest BCUT2D eigenvalue weighted by atomic mass is 16.1. The van der Waals surface area contributed by atoms with Gasteiger partial charge in [-0.15, -0.1) is 0 Å². The number of hydrogen-bond donors (Lipinski definition) is 1. The fourth-order valence-corrected chi connectivity index (χ4v) is 2.64. The Labute approximate surface area is 111 Å². The first-order valence-electron chi connectivity index (χ1n) is 7.22. The van der Waals surface area contributed by atoms with Crippen molar-refractivity contribution < 1.29 is 4.79 Å². The van der Waals surface area contributed by atoms with Gasteiger partial charge >= 0.3 is 0 Å². The van der Waals surface area contributed by atoms with Gasteiger partial charge in [0.05, 0.1) is 6.07 Å². The summed E-state index contributed by atoms with van der Waals surface area (Å²) in [5, 5.41) is 11.8. The molecule has 0 bridgehead atoms. The molecular formula is C15H26N2O. The number of carbonyl (C=O) groups excluding carboxylic acids is 1. The van der Waals surface area contributed by atoms with Crippen LogP contribution in [0.15, 0.2) is 0 Å². The van der Waals surface area contributed by atoms with Crippen molar-refractivity contribution in [1.29, 1.82) is 5.26 Å². The molecule has 0 aromatic rings. The van der Waals surface area contributed by atoms with Gasteiger partial charge in [-0.25, -0.2) is 0 Å². The van der Waals surface area contributed by atoms with Crippen LogP contribution in [0.4, 0.5) is 0 Å². The minimum absolute atomic E-state index is 0.0885. The molecule has 3 heteroatoms. The molecule has 1 atom stereocenters. The molecule has 1 rings (SSSR count). The quantitative estimate of drug-likeness (QED) is 0.815. The van der Waals surface area contributed by atoms with E-state index < -0.39 is 5.92 Å². The van der Waals surface area contributed by atoms with E-state index in [1.807, 2.05) is 13.8 Å². The maximum atomic E-state index is 11.8. The molecule has 1 aliphatic rings. The third-order valence-electron chi connectivity index (χ3n) is 4.08. The smallest absolute Gasteiger partial charge is 0.237 e. The summed E-state index contributed by atoms with van der Waals surface area (Å²) < 4.78 is 0. The molecule has 0 aromatic heterocycles. The molecule has 1 N–H and O–H groups in total. The highest BCUT2D eigenvalue weighted by Gasteiger charge is 2.22. The minimum atomic E-state index is -0.503. The molecule has 0 heterocycles. The number of nitrogens with zero attached hydrogens (tertiary/aromatic N) is 1. The lowest BCUT2D eigenvalue weighted by Crippen LogP contribution is -2.34. The Morgan fingerprint density at radius 2 is 1.94 bits per heavy atom. The average Bonchev–Trinajstić information content (AvgIpc) is 2.32. The number of nitrogens with one attached hydrogen (secondary N) is 1. The second-order valence-electron chi connectivity index (χ2n) is 6.06. The van der Waals surface area contributed by atoms with Gasteiger partial charge in [0.15, 0.2) is 0 Å². The van der Waals surface area contributed by atoms with Crippen LogP contribution in [-0.2, 0) is 4.79 Å². The third-order valence-corrected chi connectivity index (χ3v) is 4.08. The summed E-state index contributed by atoms with van der Waals surface area (Å²) in [5.41, 5.74) is 0. The zero-order chi connectivity index (χ0) is 13.5. The predicted molar refractivity (Wildman–Crippen MR) is 72.7 cm³/mol. The Morgan fingerprint density at radius 3 is 2.44 bits per heavy atom. The van der Waals surface area contributed by atoms with Crippen LogP contribution in [0.25, 0.3) is 0 Å². The van der Waals surface area contributed by atoms with Crippen LogP contribution in [0.5, 0.6) is 0 Å². The summed E-state index contributed by atoms with van der Waals surface area (Å²) >= 11 is 0. The predicted octanol–water partition coefficient (Wildman–Crippen LogP) is 3.11. The Hall–Kier alpha value is -1.04. The molecule has 0 aromatic carbocycles. The van der Waals surface area contributed by atoms with Crippen LogP contribution >= 0.6 is 0 Å². The summed E-state index contributed by atoms with van der Waals surface area (Å²) in [6, 6.07) is 2.08. The Morgan fingerprint density at radius 1 is 1.33 bits per heavy atom. The highest BCUT2D eigenvalue weighted by Crippen LogP contribution is 2.29. The fraction of sp³-hybridized carbons (Fsp3) is 0.867. The van der Waals surface area contributed by atoms with Crippen molar-refractivity contribution in [2.24, 2.45) is 23.7 Å². The largest absolute Gasteiger partial charge is 0.355 e. The van der Waals surface area contributed by atoms with E-state index in [-0.39, 0.29) is 11.8 Å². The molecule has 0 aliphatic heterocycles. The SMILES string of the molecule is CC1CCC(CCNC(=O)C(C#N)C(C)C)CC1. The minimum Gasteiger partial charge on any atom is -0.355 e. The van der Waals surface area contributed by atoms with Crippen molar-refractivity contribution in [3.05, 3.63) is 0 Å². The molecule has 102 valence electrons. The summed E-state index contributed by atoms with van der Waals surface area (Å²) in [6.45, 7) is 6.87. The molecule has 1 aliphatic carbocycles. The number of amides is 1. The van der Waals surface area contributed by atoms with Crippen LogP contribution in [0.3, 0.4) is 0 Å². The summed E-state index contributed by atoms with van der Waals surface area (Å²) in [5.74, 6) is 1.12. The number of nitriles is 1. The van der Waals surface area contributed by atoms with Gasteiger partial charge in [-0.2, -0.15) is 5.26 Å². The van der Waals surface area contributed by atoms with Gasteiger partial charge in [-0.05, 0) is 24.2 Å². The van der Waals surface area contributed by atoms with Crippen LogP contribution in [0, 0.1) is 35.0 Å². The van der Waals surface area contributed by atoms with Crippen LogP contribution in [0.1, 0.15) is 52.9 Å². The normalized spacial score (nSPS) is 25.5. The van der Waals surface area contributed by atoms with Crippen molar-refractivity contribution in [2.45, 2.75) is 52.9 Å². The lowest BCUT2D eigenvalue weighted by atomic mass is 9.81. The van der Waals surface area contributed by atoms with Crippen molar-refractivity contribution >= 4 is 5.91 Å². The summed E-state index contributed by atoms with van der Waals surface area (Å²) in [6.07, 6.45) is 6.30. The first-order chi connectivity index (χ1) is 8.54. The van der Waals surface area contributed by atoms with Crippen LogP contribution in [-0.4, -0.2) is 12.5 Å². The summed E-state index contributed by atoms with van der Waals surface area (Å²) in [7, 11) is 0. The zero-order valence-corrected chi connectivity index (χ0v) is 11.9. The Kier molecular flexibility index (Phi) is 6.18. The molecule has 1 fully saturated rings. The molecule has 18 heavy (non-hydrogen) atoms. The van der Waals surface area contributed by atoms with E-state index in [1.54, 1.807) is 0 Å². The third kappa shape index (κ3) is 4.68. The van der Waals surface area contributed by atoms with E-state index in [1.165, 1.54) is 25.7 Å². The van der Waals surface area contributed by atoms with Gasteiger partial charge in [-0.3, -0.25) is 4.79 Å². The van der Waals surface area contributed by atoms with Crippen LogP contribution in [0.2, 0.25) is 0 Å². The van der Waals surface area contributed by atoms with E-state index in [0.29, 0.717) is 0 Å². The number of hydrogen-bond acceptors (Lipinski definition) is 2. The van der Waals surface area contributed by atoms with Gasteiger partial charge in [-0.1, -0.05) is 46.5 Å².